The van der Waals surface area contributed by atoms with Crippen LogP contribution in [0, 0.1) is 11.8 Å². The van der Waals surface area contributed by atoms with Crippen molar-refractivity contribution in [3.8, 4) is 0 Å². The zero-order valence-electron chi connectivity index (χ0n) is 14.0. The molecule has 1 amide bonds. The molecule has 0 rings (SSSR count). The van der Waals surface area contributed by atoms with Crippen LogP contribution < -0.4 is 10.6 Å². The Balaban J connectivity index is 4.27. The van der Waals surface area contributed by atoms with Gasteiger partial charge in [0.25, 0.3) is 0 Å². The molecule has 7 heteroatoms. The highest BCUT2D eigenvalue weighted by Crippen LogP contribution is 2.08. The topological polar surface area (TPSA) is 93.7 Å². The molecule has 0 aromatic rings. The van der Waals surface area contributed by atoms with E-state index in [0.29, 0.717) is 25.2 Å². The van der Waals surface area contributed by atoms with E-state index in [4.69, 9.17) is 9.47 Å². The van der Waals surface area contributed by atoms with E-state index in [1.165, 1.54) is 0 Å². The summed E-state index contributed by atoms with van der Waals surface area (Å²) in [5, 5.41) is 5.27. The van der Waals surface area contributed by atoms with E-state index in [2.05, 4.69) is 10.6 Å². The van der Waals surface area contributed by atoms with Crippen LogP contribution in [0.3, 0.4) is 0 Å². The van der Waals surface area contributed by atoms with Gasteiger partial charge in [0.05, 0.1) is 0 Å². The van der Waals surface area contributed by atoms with Crippen molar-refractivity contribution in [2.45, 2.75) is 52.6 Å². The third kappa shape index (κ3) is 8.61. The molecule has 0 aromatic carbocycles. The number of esters is 2. The van der Waals surface area contributed by atoms with E-state index >= 15 is 0 Å². The Labute approximate surface area is 132 Å². The summed E-state index contributed by atoms with van der Waals surface area (Å²) in [6, 6.07) is -1.16. The number of carbonyl (C=O) groups excluding carboxylic acids is 3. The van der Waals surface area contributed by atoms with Crippen LogP contribution in [0.1, 0.15) is 40.5 Å². The fourth-order valence-corrected chi connectivity index (χ4v) is 1.94. The lowest BCUT2D eigenvalue weighted by Gasteiger charge is -2.19. The van der Waals surface area contributed by atoms with Crippen molar-refractivity contribution in [3.05, 3.63) is 0 Å². The molecule has 0 aliphatic rings. The van der Waals surface area contributed by atoms with Gasteiger partial charge < -0.3 is 20.1 Å². The Morgan fingerprint density at radius 3 is 1.82 bits per heavy atom. The van der Waals surface area contributed by atoms with Gasteiger partial charge in [-0.25, -0.2) is 4.79 Å². The van der Waals surface area contributed by atoms with Gasteiger partial charge in [-0.15, -0.1) is 0 Å². The van der Waals surface area contributed by atoms with Gasteiger partial charge in [0.1, 0.15) is 12.1 Å². The highest BCUT2D eigenvalue weighted by molar-refractivity contribution is 5.78. The average molecular weight is 316 g/mol. The van der Waals surface area contributed by atoms with Gasteiger partial charge in [-0.1, -0.05) is 27.7 Å². The largest absolute Gasteiger partial charge is 0.427 e. The van der Waals surface area contributed by atoms with E-state index in [-0.39, 0.29) is 5.92 Å². The van der Waals surface area contributed by atoms with Crippen LogP contribution in [0.4, 0.5) is 0 Å². The van der Waals surface area contributed by atoms with Gasteiger partial charge in [-0.3, -0.25) is 9.59 Å². The summed E-state index contributed by atoms with van der Waals surface area (Å²) in [7, 11) is 1.67. The summed E-state index contributed by atoms with van der Waals surface area (Å²) in [5.74, 6) is -0.529. The maximum atomic E-state index is 11.8. The molecule has 0 saturated carbocycles. The number of hydrogen-bond donors (Lipinski definition) is 2. The van der Waals surface area contributed by atoms with Crippen molar-refractivity contribution < 1.29 is 23.9 Å². The third-order valence-electron chi connectivity index (χ3n) is 3.00. The number of ether oxygens (including phenoxy) is 2. The Morgan fingerprint density at radius 1 is 0.955 bits per heavy atom. The van der Waals surface area contributed by atoms with Crippen LogP contribution in [0.5, 0.6) is 0 Å². The Morgan fingerprint density at radius 2 is 1.41 bits per heavy atom. The molecule has 2 atom stereocenters. The lowest BCUT2D eigenvalue weighted by atomic mass is 10.0. The molecule has 0 aliphatic heterocycles. The van der Waals surface area contributed by atoms with E-state index < -0.39 is 30.8 Å². The smallest absolute Gasteiger partial charge is 0.331 e. The van der Waals surface area contributed by atoms with Gasteiger partial charge in [0.2, 0.25) is 13.2 Å². The molecule has 22 heavy (non-hydrogen) atoms. The third-order valence-corrected chi connectivity index (χ3v) is 3.00. The number of rotatable bonds is 11. The molecule has 0 aromatic heterocycles. The minimum Gasteiger partial charge on any atom is -0.427 e. The SMILES string of the molecule is CNC(CC(C)C)C(=O)OCOC(=O)C(CC(C)C)NC=O. The van der Waals surface area contributed by atoms with Gasteiger partial charge in [0.15, 0.2) is 0 Å². The first kappa shape index (κ1) is 20.4. The highest BCUT2D eigenvalue weighted by atomic mass is 16.7. The molecule has 0 fully saturated rings. The lowest BCUT2D eigenvalue weighted by molar-refractivity contribution is -0.170. The molecule has 0 aliphatic carbocycles. The molecule has 0 bridgehead atoms. The van der Waals surface area contributed by atoms with Crippen LogP contribution in [0.15, 0.2) is 0 Å². The summed E-state index contributed by atoms with van der Waals surface area (Å²) < 4.78 is 9.84. The molecular formula is C15H28N2O5. The second-order valence-corrected chi connectivity index (χ2v) is 5.98. The summed E-state index contributed by atoms with van der Waals surface area (Å²) >= 11 is 0. The second kappa shape index (κ2) is 11.0. The molecule has 7 nitrogen and oxygen atoms in total. The zero-order chi connectivity index (χ0) is 17.1. The normalized spacial score (nSPS) is 13.6. The Bertz CT molecular complexity index is 358. The number of likely N-dealkylation sites (N-methyl/N-ethyl adjacent to an activating group) is 1. The number of hydrogen-bond acceptors (Lipinski definition) is 6. The molecule has 0 spiro atoms. The average Bonchev–Trinajstić information content (AvgIpc) is 2.43. The summed E-state index contributed by atoms with van der Waals surface area (Å²) in [5.41, 5.74) is 0. The summed E-state index contributed by atoms with van der Waals surface area (Å²) in [6.45, 7) is 7.40. The van der Waals surface area contributed by atoms with E-state index in [1.807, 2.05) is 27.7 Å². The van der Waals surface area contributed by atoms with Crippen molar-refractivity contribution in [1.82, 2.24) is 10.6 Å². The highest BCUT2D eigenvalue weighted by Gasteiger charge is 2.23. The molecule has 128 valence electrons. The van der Waals surface area contributed by atoms with Crippen LogP contribution >= 0.6 is 0 Å². The minimum absolute atomic E-state index is 0.215. The predicted molar refractivity (Wildman–Crippen MR) is 81.8 cm³/mol. The van der Waals surface area contributed by atoms with Gasteiger partial charge >= 0.3 is 11.9 Å². The number of amides is 1. The van der Waals surface area contributed by atoms with Gasteiger partial charge in [-0.05, 0) is 31.7 Å². The van der Waals surface area contributed by atoms with Crippen LogP contribution in [0.2, 0.25) is 0 Å². The Hall–Kier alpha value is -1.63. The van der Waals surface area contributed by atoms with Gasteiger partial charge in [0, 0.05) is 0 Å². The monoisotopic (exact) mass is 316 g/mol. The minimum atomic E-state index is -0.730. The van der Waals surface area contributed by atoms with Crippen molar-refractivity contribution in [2.75, 3.05) is 13.8 Å². The van der Waals surface area contributed by atoms with Crippen LogP contribution in [-0.2, 0) is 23.9 Å². The van der Waals surface area contributed by atoms with E-state index in [9.17, 15) is 14.4 Å². The van der Waals surface area contributed by atoms with Crippen molar-refractivity contribution in [3.63, 3.8) is 0 Å². The maximum Gasteiger partial charge on any atom is 0.331 e. The van der Waals surface area contributed by atoms with Gasteiger partial charge in [-0.2, -0.15) is 0 Å². The molecule has 0 saturated heterocycles. The van der Waals surface area contributed by atoms with Crippen LogP contribution in [0.25, 0.3) is 0 Å². The standard InChI is InChI=1S/C15H28N2O5/c1-10(2)6-12(16-5)14(19)21-9-22-15(20)13(17-8-18)7-11(3)4/h8,10-13,16H,6-7,9H2,1-5H3,(H,17,18). The fourth-order valence-electron chi connectivity index (χ4n) is 1.94. The van der Waals surface area contributed by atoms with E-state index in [0.717, 1.165) is 0 Å². The molecular weight excluding hydrogens is 288 g/mol. The van der Waals surface area contributed by atoms with Crippen molar-refractivity contribution >= 4 is 18.3 Å². The van der Waals surface area contributed by atoms with Crippen molar-refractivity contribution in [1.29, 1.82) is 0 Å². The first-order chi connectivity index (χ1) is 10.3. The quantitative estimate of drug-likeness (QED) is 0.333. The van der Waals surface area contributed by atoms with E-state index in [1.54, 1.807) is 7.05 Å². The zero-order valence-corrected chi connectivity index (χ0v) is 14.0. The first-order valence-corrected chi connectivity index (χ1v) is 7.52. The Kier molecular flexibility index (Phi) is 10.2. The summed E-state index contributed by atoms with van der Waals surface area (Å²) in [6.07, 6.45) is 1.55. The summed E-state index contributed by atoms with van der Waals surface area (Å²) in [4.78, 5) is 34.1. The molecule has 0 radical (unpaired) electrons. The van der Waals surface area contributed by atoms with Crippen LogP contribution in [-0.4, -0.2) is 44.3 Å². The number of nitrogens with one attached hydrogen (secondary N) is 2. The molecule has 2 N–H and O–H groups in total. The first-order valence-electron chi connectivity index (χ1n) is 7.52. The van der Waals surface area contributed by atoms with Crippen molar-refractivity contribution in [2.24, 2.45) is 11.8 Å². The molecule has 0 heterocycles. The number of carbonyl (C=O) groups is 3. The molecule has 2 unspecified atom stereocenters. The maximum absolute atomic E-state index is 11.8. The predicted octanol–water partition coefficient (Wildman–Crippen LogP) is 0.825. The lowest BCUT2D eigenvalue weighted by Crippen LogP contribution is -2.40. The second-order valence-electron chi connectivity index (χ2n) is 5.98. The fraction of sp³-hybridized carbons (Fsp3) is 0.800.